The van der Waals surface area contributed by atoms with E-state index in [2.05, 4.69) is 89.4 Å². The largest absolute Gasteiger partial charge is 0.340 e. The number of benzene rings is 2. The lowest BCUT2D eigenvalue weighted by Gasteiger charge is -2.19. The van der Waals surface area contributed by atoms with Gasteiger partial charge in [-0.15, -0.1) is 0 Å². The molecule has 0 spiro atoms. The van der Waals surface area contributed by atoms with Crippen LogP contribution >= 0.6 is 0 Å². The highest BCUT2D eigenvalue weighted by atomic mass is 15.3. The van der Waals surface area contributed by atoms with Crippen LogP contribution in [-0.2, 0) is 19.5 Å². The van der Waals surface area contributed by atoms with Crippen molar-refractivity contribution in [1.82, 2.24) is 25.1 Å². The van der Waals surface area contributed by atoms with Crippen molar-refractivity contribution in [3.8, 4) is 11.1 Å². The van der Waals surface area contributed by atoms with Crippen molar-refractivity contribution in [3.63, 3.8) is 0 Å². The summed E-state index contributed by atoms with van der Waals surface area (Å²) in [5.74, 6) is 1.30. The summed E-state index contributed by atoms with van der Waals surface area (Å²) in [6.07, 6.45) is 7.90. The maximum absolute atomic E-state index is 4.88. The maximum Gasteiger partial charge on any atom is 0.229 e. The smallest absolute Gasteiger partial charge is 0.229 e. The number of hydrogen-bond acceptors (Lipinski definition) is 6. The van der Waals surface area contributed by atoms with Crippen LogP contribution in [-0.4, -0.2) is 26.3 Å². The van der Waals surface area contributed by atoms with Crippen LogP contribution in [0.25, 0.3) is 11.1 Å². The highest BCUT2D eigenvalue weighted by Gasteiger charge is 2.14. The fraction of sp³-hybridized carbons (Fsp3) is 0.296. The second-order valence-corrected chi connectivity index (χ2v) is 8.98. The minimum atomic E-state index is 0.553. The zero-order chi connectivity index (χ0) is 23.5. The molecule has 0 amide bonds. The molecular formula is C27H31N7. The van der Waals surface area contributed by atoms with Crippen LogP contribution in [0.4, 0.5) is 23.1 Å². The number of aromatic nitrogens is 4. The van der Waals surface area contributed by atoms with Gasteiger partial charge in [0.1, 0.15) is 5.82 Å². The van der Waals surface area contributed by atoms with E-state index in [1.165, 1.54) is 22.3 Å². The van der Waals surface area contributed by atoms with E-state index in [0.717, 1.165) is 60.8 Å². The van der Waals surface area contributed by atoms with Crippen molar-refractivity contribution in [2.24, 2.45) is 0 Å². The number of hydrogen-bond donors (Lipinski definition) is 3. The molecule has 3 heterocycles. The van der Waals surface area contributed by atoms with Crippen LogP contribution in [0.2, 0.25) is 0 Å². The lowest BCUT2D eigenvalue weighted by molar-refractivity contribution is 0.603. The Morgan fingerprint density at radius 2 is 1.82 bits per heavy atom. The van der Waals surface area contributed by atoms with E-state index in [1.807, 2.05) is 17.1 Å². The molecule has 1 aliphatic heterocycles. The SMILES string of the molecule is CCCn1cc(-c2cnc(Nc3cc(C)cc(C)c3)nc2Nc2ccc3c(c2)CNCC3)cn1. The molecule has 2 aromatic heterocycles. The Balaban J connectivity index is 1.50. The second-order valence-electron chi connectivity index (χ2n) is 8.98. The van der Waals surface area contributed by atoms with Gasteiger partial charge in [0, 0.05) is 48.0 Å². The van der Waals surface area contributed by atoms with Crippen molar-refractivity contribution < 1.29 is 0 Å². The first kappa shape index (κ1) is 22.1. The van der Waals surface area contributed by atoms with Gasteiger partial charge in [0.2, 0.25) is 5.95 Å². The average molecular weight is 454 g/mol. The molecule has 7 nitrogen and oxygen atoms in total. The van der Waals surface area contributed by atoms with Gasteiger partial charge in [-0.2, -0.15) is 10.1 Å². The first-order valence-electron chi connectivity index (χ1n) is 11.9. The lowest BCUT2D eigenvalue weighted by Crippen LogP contribution is -2.23. The fourth-order valence-electron chi connectivity index (χ4n) is 4.47. The summed E-state index contributed by atoms with van der Waals surface area (Å²) in [5, 5.41) is 14.9. The van der Waals surface area contributed by atoms with Gasteiger partial charge in [-0.05, 0) is 79.8 Å². The number of nitrogens with zero attached hydrogens (tertiary/aromatic N) is 4. The van der Waals surface area contributed by atoms with E-state index >= 15 is 0 Å². The molecule has 0 saturated heterocycles. The zero-order valence-corrected chi connectivity index (χ0v) is 20.0. The summed E-state index contributed by atoms with van der Waals surface area (Å²) < 4.78 is 1.96. The van der Waals surface area contributed by atoms with Crippen LogP contribution in [0.3, 0.4) is 0 Å². The summed E-state index contributed by atoms with van der Waals surface area (Å²) in [6.45, 7) is 9.14. The van der Waals surface area contributed by atoms with Crippen molar-refractivity contribution in [2.45, 2.75) is 46.7 Å². The average Bonchev–Trinajstić information content (AvgIpc) is 3.27. The molecule has 0 radical (unpaired) electrons. The minimum absolute atomic E-state index is 0.553. The molecule has 2 aromatic carbocycles. The molecule has 0 fully saturated rings. The van der Waals surface area contributed by atoms with Gasteiger partial charge in [-0.3, -0.25) is 4.68 Å². The number of aryl methyl sites for hydroxylation is 3. The molecule has 0 atom stereocenters. The molecular weight excluding hydrogens is 422 g/mol. The van der Waals surface area contributed by atoms with Crippen LogP contribution in [0.15, 0.2) is 55.0 Å². The number of fused-ring (bicyclic) bond motifs is 1. The quantitative estimate of drug-likeness (QED) is 0.343. The molecule has 174 valence electrons. The van der Waals surface area contributed by atoms with Gasteiger partial charge in [0.15, 0.2) is 0 Å². The summed E-state index contributed by atoms with van der Waals surface area (Å²) in [7, 11) is 0. The normalized spacial score (nSPS) is 12.9. The summed E-state index contributed by atoms with van der Waals surface area (Å²) in [5.41, 5.74) is 9.04. The predicted octanol–water partition coefficient (Wildman–Crippen LogP) is 5.50. The van der Waals surface area contributed by atoms with Gasteiger partial charge in [-0.1, -0.05) is 19.1 Å². The number of rotatable bonds is 7. The van der Waals surface area contributed by atoms with Crippen molar-refractivity contribution >= 4 is 23.1 Å². The molecule has 0 bridgehead atoms. The Morgan fingerprint density at radius 1 is 0.971 bits per heavy atom. The Morgan fingerprint density at radius 3 is 2.65 bits per heavy atom. The Hall–Kier alpha value is -3.71. The van der Waals surface area contributed by atoms with Gasteiger partial charge < -0.3 is 16.0 Å². The minimum Gasteiger partial charge on any atom is -0.340 e. The third kappa shape index (κ3) is 4.94. The van der Waals surface area contributed by atoms with E-state index in [0.29, 0.717) is 5.95 Å². The third-order valence-corrected chi connectivity index (χ3v) is 6.02. The van der Waals surface area contributed by atoms with E-state index in [4.69, 9.17) is 4.98 Å². The molecule has 1 aliphatic rings. The van der Waals surface area contributed by atoms with Crippen LogP contribution in [0.5, 0.6) is 0 Å². The van der Waals surface area contributed by atoms with Gasteiger partial charge in [0.25, 0.3) is 0 Å². The molecule has 0 aliphatic carbocycles. The monoisotopic (exact) mass is 453 g/mol. The highest BCUT2D eigenvalue weighted by molar-refractivity contribution is 5.78. The maximum atomic E-state index is 4.88. The van der Waals surface area contributed by atoms with E-state index < -0.39 is 0 Å². The molecule has 3 N–H and O–H groups in total. The van der Waals surface area contributed by atoms with E-state index in [1.54, 1.807) is 0 Å². The Kier molecular flexibility index (Phi) is 6.27. The van der Waals surface area contributed by atoms with E-state index in [-0.39, 0.29) is 0 Å². The number of anilines is 4. The molecule has 0 unspecified atom stereocenters. The van der Waals surface area contributed by atoms with Crippen molar-refractivity contribution in [1.29, 1.82) is 0 Å². The third-order valence-electron chi connectivity index (χ3n) is 6.02. The predicted molar refractivity (Wildman–Crippen MR) is 138 cm³/mol. The standard InChI is InChI=1S/C27H31N7/c1-4-9-34-17-22(15-30-34)25-16-29-27(32-24-11-18(2)10-19(3)12-24)33-26(25)31-23-6-5-20-7-8-28-14-21(20)13-23/h5-6,10-13,15-17,28H,4,7-9,14H2,1-3H3,(H2,29,31,32,33). The second kappa shape index (κ2) is 9.65. The van der Waals surface area contributed by atoms with Crippen LogP contribution in [0, 0.1) is 13.8 Å². The first-order valence-corrected chi connectivity index (χ1v) is 11.9. The van der Waals surface area contributed by atoms with E-state index in [9.17, 15) is 0 Å². The van der Waals surface area contributed by atoms with Crippen molar-refractivity contribution in [2.75, 3.05) is 17.2 Å². The Labute approximate surface area is 200 Å². The van der Waals surface area contributed by atoms with Gasteiger partial charge in [0.05, 0.1) is 6.20 Å². The Bertz CT molecular complexity index is 1290. The number of nitrogens with one attached hydrogen (secondary N) is 3. The summed E-state index contributed by atoms with van der Waals surface area (Å²) in [6, 6.07) is 12.9. The molecule has 34 heavy (non-hydrogen) atoms. The van der Waals surface area contributed by atoms with Gasteiger partial charge in [-0.25, -0.2) is 4.98 Å². The highest BCUT2D eigenvalue weighted by Crippen LogP contribution is 2.31. The van der Waals surface area contributed by atoms with Crippen molar-refractivity contribution in [3.05, 3.63) is 77.2 Å². The van der Waals surface area contributed by atoms with Crippen LogP contribution < -0.4 is 16.0 Å². The molecule has 0 saturated carbocycles. The fourth-order valence-corrected chi connectivity index (χ4v) is 4.47. The van der Waals surface area contributed by atoms with Gasteiger partial charge >= 0.3 is 0 Å². The molecule has 5 rings (SSSR count). The van der Waals surface area contributed by atoms with Crippen LogP contribution in [0.1, 0.15) is 35.6 Å². The zero-order valence-electron chi connectivity index (χ0n) is 20.0. The topological polar surface area (TPSA) is 79.7 Å². The molecule has 4 aromatic rings. The lowest BCUT2D eigenvalue weighted by atomic mass is 10.0. The summed E-state index contributed by atoms with van der Waals surface area (Å²) in [4.78, 5) is 9.51. The molecule has 7 heteroatoms. The summed E-state index contributed by atoms with van der Waals surface area (Å²) >= 11 is 0. The first-order chi connectivity index (χ1) is 16.6.